The highest BCUT2D eigenvalue weighted by Gasteiger charge is 2.21. The molecule has 0 aromatic rings. The Balaban J connectivity index is 1.91. The molecule has 1 heterocycles. The number of nitrogens with one attached hydrogen (secondary N) is 1. The van der Waals surface area contributed by atoms with Crippen molar-refractivity contribution in [2.45, 2.75) is 52.5 Å². The fraction of sp³-hybridized carbons (Fsp3) is 1.00. The van der Waals surface area contributed by atoms with E-state index in [9.17, 15) is 0 Å². The van der Waals surface area contributed by atoms with Gasteiger partial charge in [0, 0.05) is 32.3 Å². The van der Waals surface area contributed by atoms with Crippen molar-refractivity contribution in [2.24, 2.45) is 5.92 Å². The van der Waals surface area contributed by atoms with E-state index in [0.29, 0.717) is 0 Å². The molecule has 1 aliphatic heterocycles. The molecule has 3 nitrogen and oxygen atoms in total. The van der Waals surface area contributed by atoms with Gasteiger partial charge in [-0.25, -0.2) is 0 Å². The highest BCUT2D eigenvalue weighted by molar-refractivity contribution is 4.77. The first kappa shape index (κ1) is 15.9. The molecule has 2 unspecified atom stereocenters. The largest absolute Gasteiger partial charge is 0.380 e. The van der Waals surface area contributed by atoms with Gasteiger partial charge in [0.05, 0.1) is 6.61 Å². The van der Waals surface area contributed by atoms with Crippen LogP contribution in [0, 0.1) is 5.92 Å². The van der Waals surface area contributed by atoms with E-state index < -0.39 is 0 Å². The zero-order valence-electron chi connectivity index (χ0n) is 12.6. The quantitative estimate of drug-likeness (QED) is 0.642. The molecule has 0 saturated carbocycles. The normalized spacial score (nSPS) is 25.5. The lowest BCUT2D eigenvalue weighted by Gasteiger charge is -2.36. The fourth-order valence-electron chi connectivity index (χ4n) is 2.63. The van der Waals surface area contributed by atoms with Crippen molar-refractivity contribution in [1.29, 1.82) is 0 Å². The van der Waals surface area contributed by atoms with Gasteiger partial charge in [-0.15, -0.1) is 0 Å². The van der Waals surface area contributed by atoms with Crippen LogP contribution in [-0.2, 0) is 4.74 Å². The number of hydrogen-bond acceptors (Lipinski definition) is 3. The molecule has 0 spiro atoms. The standard InChI is InChI=1S/C15H32N2O/c1-4-5-11-18-12-8-16-7-10-17-9-6-14(2)13-15(17)3/h14-16H,4-13H2,1-3H3. The van der Waals surface area contributed by atoms with Gasteiger partial charge >= 0.3 is 0 Å². The summed E-state index contributed by atoms with van der Waals surface area (Å²) in [4.78, 5) is 2.62. The topological polar surface area (TPSA) is 24.5 Å². The van der Waals surface area contributed by atoms with Gasteiger partial charge in [-0.1, -0.05) is 20.3 Å². The summed E-state index contributed by atoms with van der Waals surface area (Å²) in [6, 6.07) is 0.761. The number of piperidine rings is 1. The van der Waals surface area contributed by atoms with Crippen molar-refractivity contribution in [1.82, 2.24) is 10.2 Å². The molecule has 0 amide bonds. The van der Waals surface area contributed by atoms with Gasteiger partial charge in [-0.05, 0) is 38.6 Å². The second-order valence-corrected chi connectivity index (χ2v) is 5.73. The van der Waals surface area contributed by atoms with E-state index in [0.717, 1.165) is 38.3 Å². The molecule has 0 aromatic heterocycles. The molecule has 1 rings (SSSR count). The number of hydrogen-bond donors (Lipinski definition) is 1. The number of likely N-dealkylation sites (tertiary alicyclic amines) is 1. The maximum Gasteiger partial charge on any atom is 0.0590 e. The van der Waals surface area contributed by atoms with Crippen LogP contribution in [0.15, 0.2) is 0 Å². The average molecular weight is 256 g/mol. The Morgan fingerprint density at radius 2 is 2.06 bits per heavy atom. The molecule has 1 N–H and O–H groups in total. The molecule has 0 bridgehead atoms. The second kappa shape index (κ2) is 9.76. The van der Waals surface area contributed by atoms with Crippen LogP contribution in [0.3, 0.4) is 0 Å². The smallest absolute Gasteiger partial charge is 0.0590 e. The highest BCUT2D eigenvalue weighted by atomic mass is 16.5. The molecular formula is C15H32N2O. The molecule has 18 heavy (non-hydrogen) atoms. The molecular weight excluding hydrogens is 224 g/mol. The van der Waals surface area contributed by atoms with Crippen LogP contribution in [0.5, 0.6) is 0 Å². The van der Waals surface area contributed by atoms with Crippen molar-refractivity contribution in [3.05, 3.63) is 0 Å². The first-order valence-corrected chi connectivity index (χ1v) is 7.76. The van der Waals surface area contributed by atoms with Gasteiger partial charge in [0.15, 0.2) is 0 Å². The maximum absolute atomic E-state index is 5.53. The minimum Gasteiger partial charge on any atom is -0.380 e. The predicted octanol–water partition coefficient (Wildman–Crippen LogP) is 2.51. The molecule has 1 aliphatic rings. The van der Waals surface area contributed by atoms with E-state index in [1.54, 1.807) is 0 Å². The molecule has 0 aromatic carbocycles. The van der Waals surface area contributed by atoms with E-state index in [2.05, 4.69) is 31.0 Å². The van der Waals surface area contributed by atoms with Crippen LogP contribution in [0.4, 0.5) is 0 Å². The second-order valence-electron chi connectivity index (χ2n) is 5.73. The van der Waals surface area contributed by atoms with E-state index >= 15 is 0 Å². The monoisotopic (exact) mass is 256 g/mol. The minimum absolute atomic E-state index is 0.761. The molecule has 1 saturated heterocycles. The van der Waals surface area contributed by atoms with Gasteiger partial charge in [-0.2, -0.15) is 0 Å². The number of ether oxygens (including phenoxy) is 1. The number of nitrogens with zero attached hydrogens (tertiary/aromatic N) is 1. The third kappa shape index (κ3) is 6.72. The van der Waals surface area contributed by atoms with Crippen molar-refractivity contribution in [3.8, 4) is 0 Å². The zero-order chi connectivity index (χ0) is 13.2. The summed E-state index contributed by atoms with van der Waals surface area (Å²) in [7, 11) is 0. The van der Waals surface area contributed by atoms with Crippen LogP contribution in [0.25, 0.3) is 0 Å². The maximum atomic E-state index is 5.53. The minimum atomic E-state index is 0.761. The zero-order valence-corrected chi connectivity index (χ0v) is 12.6. The molecule has 1 fully saturated rings. The Hall–Kier alpha value is -0.120. The van der Waals surface area contributed by atoms with Crippen molar-refractivity contribution in [2.75, 3.05) is 39.4 Å². The molecule has 3 heteroatoms. The van der Waals surface area contributed by atoms with E-state index in [-0.39, 0.29) is 0 Å². The Bertz CT molecular complexity index is 199. The van der Waals surface area contributed by atoms with Gasteiger partial charge in [0.1, 0.15) is 0 Å². The Morgan fingerprint density at radius 3 is 2.78 bits per heavy atom. The Morgan fingerprint density at radius 1 is 1.22 bits per heavy atom. The van der Waals surface area contributed by atoms with Gasteiger partial charge < -0.3 is 10.1 Å². The summed E-state index contributed by atoms with van der Waals surface area (Å²) in [5.74, 6) is 0.913. The van der Waals surface area contributed by atoms with Gasteiger partial charge in [0.2, 0.25) is 0 Å². The van der Waals surface area contributed by atoms with E-state index in [1.165, 1.54) is 38.8 Å². The summed E-state index contributed by atoms with van der Waals surface area (Å²) in [5.41, 5.74) is 0. The average Bonchev–Trinajstić information content (AvgIpc) is 2.35. The Kier molecular flexibility index (Phi) is 8.64. The molecule has 0 radical (unpaired) electrons. The molecule has 0 aliphatic carbocycles. The van der Waals surface area contributed by atoms with E-state index in [4.69, 9.17) is 4.74 Å². The van der Waals surface area contributed by atoms with Crippen LogP contribution in [-0.4, -0.2) is 50.3 Å². The van der Waals surface area contributed by atoms with Gasteiger partial charge in [0.25, 0.3) is 0 Å². The van der Waals surface area contributed by atoms with E-state index in [1.807, 2.05) is 0 Å². The van der Waals surface area contributed by atoms with Gasteiger partial charge in [-0.3, -0.25) is 4.90 Å². The van der Waals surface area contributed by atoms with Crippen molar-refractivity contribution < 1.29 is 4.74 Å². The SMILES string of the molecule is CCCCOCCNCCN1CCC(C)CC1C. The Labute approximate surface area is 113 Å². The summed E-state index contributed by atoms with van der Waals surface area (Å²) < 4.78 is 5.53. The third-order valence-corrected chi connectivity index (χ3v) is 3.92. The lowest BCUT2D eigenvalue weighted by atomic mass is 9.93. The lowest BCUT2D eigenvalue weighted by Crippen LogP contribution is -2.43. The van der Waals surface area contributed by atoms with Crippen LogP contribution in [0.1, 0.15) is 46.5 Å². The first-order valence-electron chi connectivity index (χ1n) is 7.76. The van der Waals surface area contributed by atoms with Crippen LogP contribution in [0.2, 0.25) is 0 Å². The fourth-order valence-corrected chi connectivity index (χ4v) is 2.63. The first-order chi connectivity index (χ1) is 8.74. The highest BCUT2D eigenvalue weighted by Crippen LogP contribution is 2.21. The summed E-state index contributed by atoms with van der Waals surface area (Å²) in [5, 5.41) is 3.47. The molecule has 2 atom stereocenters. The molecule has 108 valence electrons. The van der Waals surface area contributed by atoms with Crippen LogP contribution >= 0.6 is 0 Å². The van der Waals surface area contributed by atoms with Crippen molar-refractivity contribution in [3.63, 3.8) is 0 Å². The summed E-state index contributed by atoms with van der Waals surface area (Å²) in [6.07, 6.45) is 5.13. The summed E-state index contributed by atoms with van der Waals surface area (Å²) in [6.45, 7) is 13.2. The number of rotatable bonds is 9. The lowest BCUT2D eigenvalue weighted by molar-refractivity contribution is 0.121. The van der Waals surface area contributed by atoms with Crippen molar-refractivity contribution >= 4 is 0 Å². The summed E-state index contributed by atoms with van der Waals surface area (Å²) >= 11 is 0. The van der Waals surface area contributed by atoms with Crippen LogP contribution < -0.4 is 5.32 Å². The number of unbranched alkanes of at least 4 members (excludes halogenated alkanes) is 1. The predicted molar refractivity (Wildman–Crippen MR) is 78.0 cm³/mol. The third-order valence-electron chi connectivity index (χ3n) is 3.92.